The van der Waals surface area contributed by atoms with Gasteiger partial charge in [-0.1, -0.05) is 38.3 Å². The molecule has 2 fully saturated rings. The van der Waals surface area contributed by atoms with Crippen molar-refractivity contribution in [3.8, 4) is 0 Å². The van der Waals surface area contributed by atoms with Crippen molar-refractivity contribution < 1.29 is 9.31 Å². The molecule has 0 N–H and O–H groups in total. The summed E-state index contributed by atoms with van der Waals surface area (Å²) in [5, 5.41) is 0. The van der Waals surface area contributed by atoms with E-state index in [1.807, 2.05) is 18.2 Å². The Kier molecular flexibility index (Phi) is 4.05. The summed E-state index contributed by atoms with van der Waals surface area (Å²) in [5.41, 5.74) is 0.779. The molecule has 0 aromatic carbocycles. The number of hydrogen-bond donors (Lipinski definition) is 0. The third kappa shape index (κ3) is 2.66. The standard InChI is InChI=1S/C17H27BO2/c1-8-10-13(9-2)11-14-12(3)15(14)18-19-16(4,5)17(6,7)20-18/h8-10,12,14-15H,1-2,11H2,3-7H3/b13-10+. The molecule has 0 amide bonds. The Balaban J connectivity index is 2.01. The lowest BCUT2D eigenvalue weighted by Crippen LogP contribution is -2.41. The molecule has 0 aromatic heterocycles. The van der Waals surface area contributed by atoms with E-state index < -0.39 is 0 Å². The Morgan fingerprint density at radius 1 is 1.15 bits per heavy atom. The molecular weight excluding hydrogens is 247 g/mol. The summed E-state index contributed by atoms with van der Waals surface area (Å²) in [6.07, 6.45) is 6.83. The van der Waals surface area contributed by atoms with Crippen LogP contribution in [0.3, 0.4) is 0 Å². The minimum atomic E-state index is -0.233. The second-order valence-electron chi connectivity index (χ2n) is 7.11. The highest BCUT2D eigenvalue weighted by Gasteiger charge is 2.62. The Labute approximate surface area is 124 Å². The van der Waals surface area contributed by atoms with Crippen LogP contribution in [0.1, 0.15) is 41.0 Å². The molecule has 1 aliphatic heterocycles. The topological polar surface area (TPSA) is 18.5 Å². The zero-order chi connectivity index (χ0) is 15.1. The molecule has 1 saturated heterocycles. The van der Waals surface area contributed by atoms with Gasteiger partial charge in [-0.2, -0.15) is 0 Å². The van der Waals surface area contributed by atoms with Crippen LogP contribution in [0.25, 0.3) is 0 Å². The van der Waals surface area contributed by atoms with Gasteiger partial charge >= 0.3 is 7.12 Å². The highest BCUT2D eigenvalue weighted by atomic mass is 16.7. The van der Waals surface area contributed by atoms with Gasteiger partial charge in [-0.05, 0) is 51.5 Å². The first-order valence-corrected chi connectivity index (χ1v) is 7.53. The summed E-state index contributed by atoms with van der Waals surface area (Å²) in [5.74, 6) is 1.75. The van der Waals surface area contributed by atoms with E-state index in [0.717, 1.165) is 6.42 Å². The van der Waals surface area contributed by atoms with E-state index in [0.29, 0.717) is 17.7 Å². The first kappa shape index (κ1) is 15.6. The second-order valence-corrected chi connectivity index (χ2v) is 7.11. The second kappa shape index (κ2) is 5.20. The number of rotatable bonds is 5. The summed E-state index contributed by atoms with van der Waals surface area (Å²) in [7, 11) is -0.0743. The summed E-state index contributed by atoms with van der Waals surface area (Å²) < 4.78 is 12.4. The molecule has 2 aliphatic rings. The lowest BCUT2D eigenvalue weighted by Gasteiger charge is -2.32. The van der Waals surface area contributed by atoms with Crippen molar-refractivity contribution in [2.75, 3.05) is 0 Å². The largest absolute Gasteiger partial charge is 0.461 e. The van der Waals surface area contributed by atoms with Crippen LogP contribution in [0.15, 0.2) is 37.0 Å². The van der Waals surface area contributed by atoms with Crippen LogP contribution >= 0.6 is 0 Å². The van der Waals surface area contributed by atoms with E-state index >= 15 is 0 Å². The molecule has 1 saturated carbocycles. The maximum atomic E-state index is 6.18. The molecule has 3 atom stereocenters. The van der Waals surface area contributed by atoms with E-state index in [-0.39, 0.29) is 18.3 Å². The monoisotopic (exact) mass is 274 g/mol. The minimum absolute atomic E-state index is 0.0743. The van der Waals surface area contributed by atoms with Crippen LogP contribution in [0.2, 0.25) is 5.82 Å². The van der Waals surface area contributed by atoms with Gasteiger partial charge in [-0.25, -0.2) is 0 Å². The highest BCUT2D eigenvalue weighted by molar-refractivity contribution is 6.49. The summed E-state index contributed by atoms with van der Waals surface area (Å²) in [4.78, 5) is 0. The van der Waals surface area contributed by atoms with Crippen molar-refractivity contribution >= 4 is 7.12 Å². The third-order valence-electron chi connectivity index (χ3n) is 5.29. The molecule has 0 radical (unpaired) electrons. The van der Waals surface area contributed by atoms with Gasteiger partial charge in [-0.15, -0.1) is 0 Å². The normalized spacial score (nSPS) is 35.0. The summed E-state index contributed by atoms with van der Waals surface area (Å²) >= 11 is 0. The average Bonchev–Trinajstić information content (AvgIpc) is 2.90. The van der Waals surface area contributed by atoms with Gasteiger partial charge in [0.2, 0.25) is 0 Å². The van der Waals surface area contributed by atoms with Crippen LogP contribution < -0.4 is 0 Å². The molecule has 0 bridgehead atoms. The van der Waals surface area contributed by atoms with Crippen molar-refractivity contribution in [1.82, 2.24) is 0 Å². The van der Waals surface area contributed by atoms with Crippen LogP contribution in [-0.2, 0) is 9.31 Å². The fraction of sp³-hybridized carbons (Fsp3) is 0.647. The van der Waals surface area contributed by atoms with Crippen LogP contribution in [-0.4, -0.2) is 18.3 Å². The van der Waals surface area contributed by atoms with Crippen LogP contribution in [0.4, 0.5) is 0 Å². The molecule has 3 unspecified atom stereocenters. The highest BCUT2D eigenvalue weighted by Crippen LogP contribution is 2.60. The lowest BCUT2D eigenvalue weighted by molar-refractivity contribution is 0.00578. The Hall–Kier alpha value is -0.795. The average molecular weight is 274 g/mol. The SMILES string of the molecule is C=C/C=C(\C=C)CC1C(C)C1B1OC(C)(C)C(C)(C)O1. The van der Waals surface area contributed by atoms with Gasteiger partial charge in [0.1, 0.15) is 0 Å². The van der Waals surface area contributed by atoms with E-state index in [4.69, 9.17) is 9.31 Å². The van der Waals surface area contributed by atoms with Gasteiger partial charge in [0.15, 0.2) is 0 Å². The van der Waals surface area contributed by atoms with Crippen LogP contribution in [0.5, 0.6) is 0 Å². The van der Waals surface area contributed by atoms with Gasteiger partial charge in [-0.3, -0.25) is 0 Å². The van der Waals surface area contributed by atoms with Gasteiger partial charge in [0.25, 0.3) is 0 Å². The molecule has 2 rings (SSSR count). The predicted octanol–water partition coefficient (Wildman–Crippen LogP) is 4.40. The number of hydrogen-bond acceptors (Lipinski definition) is 2. The lowest BCUT2D eigenvalue weighted by atomic mass is 9.79. The zero-order valence-corrected chi connectivity index (χ0v) is 13.5. The fourth-order valence-corrected chi connectivity index (χ4v) is 3.04. The molecule has 1 aliphatic carbocycles. The predicted molar refractivity (Wildman–Crippen MR) is 85.6 cm³/mol. The smallest absolute Gasteiger partial charge is 0.403 e. The van der Waals surface area contributed by atoms with E-state index in [1.54, 1.807) is 0 Å². The van der Waals surface area contributed by atoms with Crippen molar-refractivity contribution in [2.24, 2.45) is 11.8 Å². The van der Waals surface area contributed by atoms with Crippen molar-refractivity contribution in [1.29, 1.82) is 0 Å². The van der Waals surface area contributed by atoms with Crippen molar-refractivity contribution in [3.63, 3.8) is 0 Å². The molecule has 2 nitrogen and oxygen atoms in total. The van der Waals surface area contributed by atoms with Crippen LogP contribution in [0, 0.1) is 11.8 Å². The third-order valence-corrected chi connectivity index (χ3v) is 5.29. The molecule has 3 heteroatoms. The maximum absolute atomic E-state index is 6.18. The minimum Gasteiger partial charge on any atom is -0.403 e. The first-order chi connectivity index (χ1) is 9.23. The Bertz CT molecular complexity index is 420. The van der Waals surface area contributed by atoms with Gasteiger partial charge in [0, 0.05) is 5.82 Å². The van der Waals surface area contributed by atoms with E-state index in [2.05, 4.69) is 47.8 Å². The number of allylic oxidation sites excluding steroid dienone is 4. The quantitative estimate of drug-likeness (QED) is 0.546. The van der Waals surface area contributed by atoms with Gasteiger partial charge in [0.05, 0.1) is 11.2 Å². The van der Waals surface area contributed by atoms with Crippen molar-refractivity contribution in [3.05, 3.63) is 37.0 Å². The molecule has 20 heavy (non-hydrogen) atoms. The molecule has 0 spiro atoms. The molecule has 0 aromatic rings. The summed E-state index contributed by atoms with van der Waals surface area (Å²) in [6, 6.07) is 0. The van der Waals surface area contributed by atoms with Crippen molar-refractivity contribution in [2.45, 2.75) is 58.1 Å². The molecule has 1 heterocycles. The summed E-state index contributed by atoms with van der Waals surface area (Å²) in [6.45, 7) is 18.4. The maximum Gasteiger partial charge on any atom is 0.461 e. The Morgan fingerprint density at radius 2 is 1.70 bits per heavy atom. The van der Waals surface area contributed by atoms with E-state index in [9.17, 15) is 0 Å². The molecule has 110 valence electrons. The molecular formula is C17H27BO2. The van der Waals surface area contributed by atoms with Gasteiger partial charge < -0.3 is 9.31 Å². The van der Waals surface area contributed by atoms with E-state index in [1.165, 1.54) is 5.57 Å². The Morgan fingerprint density at radius 3 is 2.15 bits per heavy atom. The fourth-order valence-electron chi connectivity index (χ4n) is 3.04. The zero-order valence-electron chi connectivity index (χ0n) is 13.5. The first-order valence-electron chi connectivity index (χ1n) is 7.53.